The van der Waals surface area contributed by atoms with Crippen LogP contribution in [0, 0.1) is 0 Å². The quantitative estimate of drug-likeness (QED) is 0.754. The third-order valence-corrected chi connectivity index (χ3v) is 3.37. The molecule has 0 aliphatic heterocycles. The number of hydrogen-bond donors (Lipinski definition) is 0. The van der Waals surface area contributed by atoms with Crippen molar-refractivity contribution in [3.63, 3.8) is 0 Å². The summed E-state index contributed by atoms with van der Waals surface area (Å²) < 4.78 is 0. The molecule has 0 saturated heterocycles. The molecule has 2 rings (SSSR count). The van der Waals surface area contributed by atoms with Crippen LogP contribution >= 0.6 is 15.9 Å². The number of halogens is 1. The van der Waals surface area contributed by atoms with E-state index in [1.54, 1.807) is 0 Å². The van der Waals surface area contributed by atoms with Crippen molar-refractivity contribution in [2.45, 2.75) is 19.9 Å². The van der Waals surface area contributed by atoms with Gasteiger partial charge >= 0.3 is 0 Å². The van der Waals surface area contributed by atoms with E-state index in [0.29, 0.717) is 0 Å². The first kappa shape index (κ1) is 13.5. The van der Waals surface area contributed by atoms with Gasteiger partial charge in [-0.3, -0.25) is 9.88 Å². The van der Waals surface area contributed by atoms with Gasteiger partial charge in [-0.1, -0.05) is 35.0 Å². The Kier molecular flexibility index (Phi) is 5.14. The van der Waals surface area contributed by atoms with Crippen molar-refractivity contribution in [2.24, 2.45) is 0 Å². The van der Waals surface area contributed by atoms with Crippen LogP contribution in [0.1, 0.15) is 18.9 Å². The summed E-state index contributed by atoms with van der Waals surface area (Å²) in [7, 11) is 0. The van der Waals surface area contributed by atoms with Crippen molar-refractivity contribution in [3.05, 3.63) is 42.1 Å². The number of aromatic nitrogens is 1. The van der Waals surface area contributed by atoms with Gasteiger partial charge in [0.2, 0.25) is 0 Å². The Balaban J connectivity index is 2.14. The second-order valence-electron chi connectivity index (χ2n) is 4.50. The second-order valence-corrected chi connectivity index (χ2v) is 5.29. The van der Waals surface area contributed by atoms with Gasteiger partial charge in [0, 0.05) is 30.0 Å². The van der Waals surface area contributed by atoms with Gasteiger partial charge in [-0.05, 0) is 36.7 Å². The van der Waals surface area contributed by atoms with Crippen LogP contribution in [0.2, 0.25) is 0 Å². The lowest BCUT2D eigenvalue weighted by atomic mass is 10.1. The molecule has 1 aromatic heterocycles. The molecule has 0 radical (unpaired) electrons. The lowest BCUT2D eigenvalue weighted by Gasteiger charge is -2.20. The highest BCUT2D eigenvalue weighted by molar-refractivity contribution is 9.09. The zero-order valence-corrected chi connectivity index (χ0v) is 12.4. The topological polar surface area (TPSA) is 16.1 Å². The SMILES string of the molecule is CCCN(CCBr)Cc1ccc2ncccc2c1. The minimum Gasteiger partial charge on any atom is -0.298 e. The van der Waals surface area contributed by atoms with E-state index in [2.05, 4.69) is 57.0 Å². The number of alkyl halides is 1. The first-order chi connectivity index (χ1) is 8.83. The fourth-order valence-corrected chi connectivity index (χ4v) is 2.69. The van der Waals surface area contributed by atoms with E-state index in [9.17, 15) is 0 Å². The highest BCUT2D eigenvalue weighted by Gasteiger charge is 2.05. The maximum Gasteiger partial charge on any atom is 0.0702 e. The van der Waals surface area contributed by atoms with E-state index < -0.39 is 0 Å². The summed E-state index contributed by atoms with van der Waals surface area (Å²) in [6.07, 6.45) is 3.04. The Hall–Kier alpha value is -0.930. The molecule has 1 heterocycles. The third kappa shape index (κ3) is 3.53. The molecule has 0 aliphatic rings. The van der Waals surface area contributed by atoms with Crippen LogP contribution in [0.15, 0.2) is 36.5 Å². The van der Waals surface area contributed by atoms with Crippen molar-refractivity contribution in [2.75, 3.05) is 18.4 Å². The van der Waals surface area contributed by atoms with Gasteiger partial charge in [-0.25, -0.2) is 0 Å². The Morgan fingerprint density at radius 2 is 2.11 bits per heavy atom. The smallest absolute Gasteiger partial charge is 0.0702 e. The van der Waals surface area contributed by atoms with Crippen LogP contribution in [-0.2, 0) is 6.54 Å². The molecular weight excluding hydrogens is 288 g/mol. The predicted molar refractivity (Wildman–Crippen MR) is 81.1 cm³/mol. The molecular formula is C15H19BrN2. The summed E-state index contributed by atoms with van der Waals surface area (Å²) >= 11 is 3.52. The lowest BCUT2D eigenvalue weighted by Crippen LogP contribution is -2.26. The van der Waals surface area contributed by atoms with Crippen LogP contribution in [0.25, 0.3) is 10.9 Å². The number of nitrogens with zero attached hydrogens (tertiary/aromatic N) is 2. The Morgan fingerprint density at radius 1 is 1.22 bits per heavy atom. The van der Waals surface area contributed by atoms with Crippen molar-refractivity contribution in [1.29, 1.82) is 0 Å². The van der Waals surface area contributed by atoms with Crippen LogP contribution in [0.3, 0.4) is 0 Å². The minimum atomic E-state index is 1.02. The predicted octanol–water partition coefficient (Wildman–Crippen LogP) is 3.84. The highest BCUT2D eigenvalue weighted by atomic mass is 79.9. The summed E-state index contributed by atoms with van der Waals surface area (Å²) in [6, 6.07) is 10.7. The van der Waals surface area contributed by atoms with Gasteiger partial charge in [0.25, 0.3) is 0 Å². The average Bonchev–Trinajstić information content (AvgIpc) is 2.39. The van der Waals surface area contributed by atoms with Crippen LogP contribution < -0.4 is 0 Å². The minimum absolute atomic E-state index is 1.02. The second kappa shape index (κ2) is 6.86. The van der Waals surface area contributed by atoms with Crippen molar-refractivity contribution in [3.8, 4) is 0 Å². The Bertz CT molecular complexity index is 493. The van der Waals surface area contributed by atoms with E-state index in [-0.39, 0.29) is 0 Å². The summed E-state index contributed by atoms with van der Waals surface area (Å²) in [5.74, 6) is 0. The molecule has 2 nitrogen and oxygen atoms in total. The fourth-order valence-electron chi connectivity index (χ4n) is 2.19. The molecule has 0 aliphatic carbocycles. The molecule has 2 aromatic rings. The van der Waals surface area contributed by atoms with Gasteiger partial charge in [0.05, 0.1) is 5.52 Å². The molecule has 1 aromatic carbocycles. The normalized spacial score (nSPS) is 11.3. The van der Waals surface area contributed by atoms with Crippen molar-refractivity contribution < 1.29 is 0 Å². The zero-order chi connectivity index (χ0) is 12.8. The highest BCUT2D eigenvalue weighted by Crippen LogP contribution is 2.15. The van der Waals surface area contributed by atoms with Gasteiger partial charge in [-0.2, -0.15) is 0 Å². The first-order valence-electron chi connectivity index (χ1n) is 6.45. The van der Waals surface area contributed by atoms with Crippen LogP contribution in [0.5, 0.6) is 0 Å². The first-order valence-corrected chi connectivity index (χ1v) is 7.57. The molecule has 96 valence electrons. The van der Waals surface area contributed by atoms with Crippen LogP contribution in [0.4, 0.5) is 0 Å². The van der Waals surface area contributed by atoms with E-state index in [0.717, 1.165) is 30.5 Å². The van der Waals surface area contributed by atoms with Gasteiger partial charge < -0.3 is 0 Å². The number of hydrogen-bond acceptors (Lipinski definition) is 2. The third-order valence-electron chi connectivity index (χ3n) is 3.01. The number of rotatable bonds is 6. The van der Waals surface area contributed by atoms with Crippen LogP contribution in [-0.4, -0.2) is 28.3 Å². The standard InChI is InChI=1S/C15H19BrN2/c1-2-9-18(10-7-16)12-13-5-6-15-14(11-13)4-3-8-17-15/h3-6,8,11H,2,7,9-10,12H2,1H3. The maximum atomic E-state index is 4.35. The zero-order valence-electron chi connectivity index (χ0n) is 10.8. The van der Waals surface area contributed by atoms with Gasteiger partial charge in [0.1, 0.15) is 0 Å². The lowest BCUT2D eigenvalue weighted by molar-refractivity contribution is 0.284. The molecule has 0 fully saturated rings. The van der Waals surface area contributed by atoms with Crippen molar-refractivity contribution >= 4 is 26.8 Å². The summed E-state index contributed by atoms with van der Waals surface area (Å²) in [4.78, 5) is 6.83. The Morgan fingerprint density at radius 3 is 2.89 bits per heavy atom. The number of benzene rings is 1. The fraction of sp³-hybridized carbons (Fsp3) is 0.400. The summed E-state index contributed by atoms with van der Waals surface area (Å²) in [6.45, 7) is 5.49. The van der Waals surface area contributed by atoms with Crippen molar-refractivity contribution in [1.82, 2.24) is 9.88 Å². The molecule has 0 spiro atoms. The van der Waals surface area contributed by atoms with E-state index >= 15 is 0 Å². The molecule has 0 atom stereocenters. The molecule has 0 amide bonds. The van der Waals surface area contributed by atoms with E-state index in [1.165, 1.54) is 17.4 Å². The molecule has 3 heteroatoms. The molecule has 18 heavy (non-hydrogen) atoms. The van der Waals surface area contributed by atoms with Gasteiger partial charge in [0.15, 0.2) is 0 Å². The summed E-state index contributed by atoms with van der Waals surface area (Å²) in [5.41, 5.74) is 2.44. The number of pyridine rings is 1. The number of fused-ring (bicyclic) bond motifs is 1. The molecule has 0 bridgehead atoms. The molecule has 0 unspecified atom stereocenters. The average molecular weight is 307 g/mol. The molecule has 0 saturated carbocycles. The van der Waals surface area contributed by atoms with E-state index in [4.69, 9.17) is 0 Å². The summed E-state index contributed by atoms with van der Waals surface area (Å²) in [5, 5.41) is 2.26. The van der Waals surface area contributed by atoms with E-state index in [1.807, 2.05) is 12.3 Å². The van der Waals surface area contributed by atoms with Gasteiger partial charge in [-0.15, -0.1) is 0 Å². The largest absolute Gasteiger partial charge is 0.298 e. The Labute approximate surface area is 117 Å². The monoisotopic (exact) mass is 306 g/mol. The molecule has 0 N–H and O–H groups in total. The maximum absolute atomic E-state index is 4.35.